The summed E-state index contributed by atoms with van der Waals surface area (Å²) in [6.45, 7) is 2.41. The number of methoxy groups -OCH3 is 3. The third-order valence-corrected chi connectivity index (χ3v) is 7.31. The third kappa shape index (κ3) is 4.18. The van der Waals surface area contributed by atoms with Crippen LogP contribution in [0, 0.1) is 5.92 Å². The number of hydrogen-bond donors (Lipinski definition) is 1. The molecule has 0 saturated carbocycles. The lowest BCUT2D eigenvalue weighted by molar-refractivity contribution is -0.129. The van der Waals surface area contributed by atoms with E-state index in [0.717, 1.165) is 17.0 Å². The van der Waals surface area contributed by atoms with Gasteiger partial charge in [-0.25, -0.2) is 0 Å². The van der Waals surface area contributed by atoms with Gasteiger partial charge in [-0.2, -0.15) is 0 Å². The Hall–Kier alpha value is -3.23. The van der Waals surface area contributed by atoms with Gasteiger partial charge in [0.1, 0.15) is 27.8 Å². The fourth-order valence-corrected chi connectivity index (χ4v) is 5.17. The van der Waals surface area contributed by atoms with Crippen molar-refractivity contribution >= 4 is 23.2 Å². The summed E-state index contributed by atoms with van der Waals surface area (Å²) in [5, 5.41) is 3.55. The number of Topliss-reactive ketones (excluding diaryl/α,β-unsaturated/α-hetero) is 1. The van der Waals surface area contributed by atoms with E-state index in [4.69, 9.17) is 30.5 Å². The van der Waals surface area contributed by atoms with Crippen molar-refractivity contribution in [2.24, 2.45) is 5.92 Å². The second-order valence-electron chi connectivity index (χ2n) is 9.24. The maximum Gasteiger partial charge on any atom is 0.236 e. The van der Waals surface area contributed by atoms with E-state index in [1.165, 1.54) is 26.4 Å². The van der Waals surface area contributed by atoms with Crippen molar-refractivity contribution in [2.75, 3.05) is 42.0 Å². The van der Waals surface area contributed by atoms with E-state index in [1.54, 1.807) is 7.11 Å². The molecule has 2 aromatic carbocycles. The monoisotopic (exact) mass is 514 g/mol. The van der Waals surface area contributed by atoms with Crippen LogP contribution in [0.1, 0.15) is 35.3 Å². The van der Waals surface area contributed by atoms with Crippen LogP contribution in [0.15, 0.2) is 42.1 Å². The molecule has 2 aliphatic rings. The predicted molar refractivity (Wildman–Crippen MR) is 137 cm³/mol. The molecule has 1 aliphatic carbocycles. The smallest absolute Gasteiger partial charge is 0.236 e. The van der Waals surface area contributed by atoms with Crippen LogP contribution >= 0.6 is 11.6 Å². The number of ether oxygens (including phenoxy) is 4. The highest BCUT2D eigenvalue weighted by Gasteiger charge is 2.60. The summed E-state index contributed by atoms with van der Waals surface area (Å²) in [7, 11) is 8.55. The Morgan fingerprint density at radius 2 is 1.78 bits per heavy atom. The molecule has 1 aliphatic heterocycles. The number of halogens is 1. The van der Waals surface area contributed by atoms with Crippen LogP contribution in [0.5, 0.6) is 23.0 Å². The molecule has 8 nitrogen and oxygen atoms in total. The zero-order valence-corrected chi connectivity index (χ0v) is 22.1. The number of fused-ring (bicyclic) bond motifs is 1. The summed E-state index contributed by atoms with van der Waals surface area (Å²) in [6, 6.07) is 9.49. The molecule has 0 radical (unpaired) electrons. The standard InChI is InChI=1S/C27H31ClN2O6/c1-15-11-17(29-14-19(30(2)3)16-7-9-18(33-4)10-8-16)12-22(31)27(15)26(32)23-20(34-5)13-21(35-6)24(28)25(23)36-27/h7-10,12-13,15,19,29H,11,14H2,1-6H3/t15-,19?,27+/m1/s1. The van der Waals surface area contributed by atoms with Gasteiger partial charge in [0.15, 0.2) is 5.75 Å². The number of carbonyl (C=O) groups is 2. The van der Waals surface area contributed by atoms with Gasteiger partial charge in [0.25, 0.3) is 0 Å². The summed E-state index contributed by atoms with van der Waals surface area (Å²) < 4.78 is 22.1. The highest BCUT2D eigenvalue weighted by Crippen LogP contribution is 2.52. The average molecular weight is 515 g/mol. The highest BCUT2D eigenvalue weighted by molar-refractivity contribution is 6.36. The van der Waals surface area contributed by atoms with Crippen LogP contribution in [-0.4, -0.2) is 64.0 Å². The van der Waals surface area contributed by atoms with Crippen LogP contribution in [0.2, 0.25) is 5.02 Å². The first kappa shape index (κ1) is 25.9. The summed E-state index contributed by atoms with van der Waals surface area (Å²) in [5.74, 6) is 0.163. The maximum absolute atomic E-state index is 13.6. The Kier molecular flexibility index (Phi) is 7.20. The van der Waals surface area contributed by atoms with Gasteiger partial charge in [-0.3, -0.25) is 9.59 Å². The van der Waals surface area contributed by atoms with Crippen molar-refractivity contribution in [3.8, 4) is 23.0 Å². The van der Waals surface area contributed by atoms with Crippen LogP contribution in [0.25, 0.3) is 0 Å². The quantitative estimate of drug-likeness (QED) is 0.528. The lowest BCUT2D eigenvalue weighted by Crippen LogP contribution is -2.55. The van der Waals surface area contributed by atoms with E-state index in [2.05, 4.69) is 10.2 Å². The van der Waals surface area contributed by atoms with E-state index >= 15 is 0 Å². The number of benzene rings is 2. The van der Waals surface area contributed by atoms with E-state index < -0.39 is 23.1 Å². The van der Waals surface area contributed by atoms with Gasteiger partial charge >= 0.3 is 0 Å². The van der Waals surface area contributed by atoms with Gasteiger partial charge in [-0.1, -0.05) is 30.7 Å². The minimum Gasteiger partial charge on any atom is -0.497 e. The molecule has 1 spiro atoms. The summed E-state index contributed by atoms with van der Waals surface area (Å²) in [5.41, 5.74) is 0.344. The van der Waals surface area contributed by atoms with E-state index in [0.29, 0.717) is 18.7 Å². The molecule has 0 saturated heterocycles. The van der Waals surface area contributed by atoms with Gasteiger partial charge < -0.3 is 29.2 Å². The number of rotatable bonds is 8. The molecule has 1 heterocycles. The first-order valence-electron chi connectivity index (χ1n) is 11.6. The van der Waals surface area contributed by atoms with Gasteiger partial charge in [-0.05, 0) is 38.2 Å². The number of nitrogens with one attached hydrogen (secondary N) is 1. The normalized spacial score (nSPS) is 21.7. The number of hydrogen-bond acceptors (Lipinski definition) is 8. The molecule has 192 valence electrons. The zero-order valence-electron chi connectivity index (χ0n) is 21.3. The molecule has 0 aromatic heterocycles. The molecular formula is C27H31ClN2O6. The van der Waals surface area contributed by atoms with Crippen molar-refractivity contribution < 1.29 is 28.5 Å². The molecule has 2 aromatic rings. The molecule has 1 N–H and O–H groups in total. The number of allylic oxidation sites excluding steroid dienone is 1. The highest BCUT2D eigenvalue weighted by atomic mass is 35.5. The van der Waals surface area contributed by atoms with E-state index in [9.17, 15) is 9.59 Å². The second-order valence-corrected chi connectivity index (χ2v) is 9.62. The number of nitrogens with zero attached hydrogens (tertiary/aromatic N) is 1. The Morgan fingerprint density at radius 1 is 1.11 bits per heavy atom. The molecule has 0 bridgehead atoms. The third-order valence-electron chi connectivity index (χ3n) is 6.96. The van der Waals surface area contributed by atoms with Crippen LogP contribution < -0.4 is 24.3 Å². The van der Waals surface area contributed by atoms with Crippen molar-refractivity contribution in [3.05, 3.63) is 58.3 Å². The van der Waals surface area contributed by atoms with E-state index in [-0.39, 0.29) is 28.1 Å². The molecule has 1 unspecified atom stereocenters. The largest absolute Gasteiger partial charge is 0.497 e. The number of ketones is 2. The Balaban J connectivity index is 1.58. The van der Waals surface area contributed by atoms with Gasteiger partial charge in [0.05, 0.1) is 27.4 Å². The SMILES string of the molecule is COc1ccc(C(CNC2=CC(=O)[C@@]3(Oc4c(Cl)c(OC)cc(OC)c4C3=O)[C@H](C)C2)N(C)C)cc1. The topological polar surface area (TPSA) is 86.3 Å². The molecule has 4 rings (SSSR count). The maximum atomic E-state index is 13.6. The minimum atomic E-state index is -1.69. The Bertz CT molecular complexity index is 1210. The molecule has 0 amide bonds. The first-order valence-corrected chi connectivity index (χ1v) is 12.0. The number of carbonyl (C=O) groups excluding carboxylic acids is 2. The summed E-state index contributed by atoms with van der Waals surface area (Å²) in [4.78, 5) is 29.2. The van der Waals surface area contributed by atoms with Crippen molar-refractivity contribution in [1.82, 2.24) is 10.2 Å². The fourth-order valence-electron chi connectivity index (χ4n) is 4.90. The summed E-state index contributed by atoms with van der Waals surface area (Å²) in [6.07, 6.45) is 1.92. The molecule has 36 heavy (non-hydrogen) atoms. The first-order chi connectivity index (χ1) is 17.2. The second kappa shape index (κ2) is 10.0. The van der Waals surface area contributed by atoms with Crippen molar-refractivity contribution in [3.63, 3.8) is 0 Å². The van der Waals surface area contributed by atoms with Crippen LogP contribution in [0.3, 0.4) is 0 Å². The van der Waals surface area contributed by atoms with Crippen LogP contribution in [-0.2, 0) is 4.79 Å². The average Bonchev–Trinajstić information content (AvgIpc) is 3.18. The van der Waals surface area contributed by atoms with Crippen molar-refractivity contribution in [1.29, 1.82) is 0 Å². The number of likely N-dealkylation sites (N-methyl/N-ethyl adjacent to an activating group) is 1. The molecule has 3 atom stereocenters. The Morgan fingerprint density at radius 3 is 2.33 bits per heavy atom. The van der Waals surface area contributed by atoms with E-state index in [1.807, 2.05) is 45.3 Å². The van der Waals surface area contributed by atoms with Gasteiger partial charge in [0.2, 0.25) is 17.2 Å². The predicted octanol–water partition coefficient (Wildman–Crippen LogP) is 4.07. The molecular weight excluding hydrogens is 484 g/mol. The minimum absolute atomic E-state index is 0.0576. The lowest BCUT2D eigenvalue weighted by atomic mass is 9.74. The van der Waals surface area contributed by atoms with Gasteiger partial charge in [-0.15, -0.1) is 0 Å². The summed E-state index contributed by atoms with van der Waals surface area (Å²) >= 11 is 6.46. The molecule has 9 heteroatoms. The van der Waals surface area contributed by atoms with Gasteiger partial charge in [0, 0.05) is 30.3 Å². The lowest BCUT2D eigenvalue weighted by Gasteiger charge is -2.36. The molecule has 0 fully saturated rings. The zero-order chi connectivity index (χ0) is 26.2. The van der Waals surface area contributed by atoms with Crippen molar-refractivity contribution in [2.45, 2.75) is 25.0 Å². The fraction of sp³-hybridized carbons (Fsp3) is 0.407. The van der Waals surface area contributed by atoms with Crippen LogP contribution in [0.4, 0.5) is 0 Å². The Labute approximate surface area is 216 Å².